The number of aliphatic carboxylic acids is 2. The number of nitrogens with one attached hydrogen (secondary N) is 5. The third-order valence-electron chi connectivity index (χ3n) is 6.30. The van der Waals surface area contributed by atoms with Gasteiger partial charge in [0.2, 0.25) is 17.7 Å². The van der Waals surface area contributed by atoms with Crippen LogP contribution in [0.15, 0.2) is 43.0 Å². The molecule has 0 aliphatic heterocycles. The second-order valence-corrected chi connectivity index (χ2v) is 10.3. The minimum absolute atomic E-state index is 0.00974. The van der Waals surface area contributed by atoms with Gasteiger partial charge in [-0.05, 0) is 30.1 Å². The first-order valence-electron chi connectivity index (χ1n) is 12.7. The van der Waals surface area contributed by atoms with E-state index in [1.54, 1.807) is 6.20 Å². The van der Waals surface area contributed by atoms with E-state index in [-0.39, 0.29) is 19.3 Å². The normalized spacial score (nSPS) is 14.0. The lowest BCUT2D eigenvalue weighted by Crippen LogP contribution is -2.58. The Balaban J connectivity index is 1.81. The van der Waals surface area contributed by atoms with Gasteiger partial charge >= 0.3 is 11.9 Å². The van der Waals surface area contributed by atoms with Crippen LogP contribution in [0, 0.1) is 0 Å². The average molecular weight is 588 g/mol. The zero-order valence-corrected chi connectivity index (χ0v) is 23.1. The molecule has 9 N–H and O–H groups in total. The molecule has 0 aliphatic rings. The summed E-state index contributed by atoms with van der Waals surface area (Å²) >= 11 is 1.43. The summed E-state index contributed by atoms with van der Waals surface area (Å²) in [5.74, 6) is -4.34. The fourth-order valence-corrected chi connectivity index (χ4v) is 4.63. The summed E-state index contributed by atoms with van der Waals surface area (Å²) in [5.41, 5.74) is 7.73. The standard InChI is InChI=1S/C26H33N7O7S/c1-41-7-6-19(24(37)33-21(26(39)40)9-15-12-28-13-30-15)31-25(38)20(32-23(36)17(27)10-22(34)35)8-14-11-29-18-5-3-2-4-16(14)18/h2-5,11-13,17,19-21,29H,6-10,27H2,1H3,(H,28,30)(H,31,38)(H,32,36)(H,33,37)(H,34,35)(H,39,40). The highest BCUT2D eigenvalue weighted by Crippen LogP contribution is 2.19. The number of imidazole rings is 1. The van der Waals surface area contributed by atoms with Crippen LogP contribution in [0.3, 0.4) is 0 Å². The van der Waals surface area contributed by atoms with Crippen molar-refractivity contribution in [3.05, 3.63) is 54.2 Å². The molecule has 41 heavy (non-hydrogen) atoms. The van der Waals surface area contributed by atoms with E-state index in [9.17, 15) is 29.1 Å². The number of hydrogen-bond donors (Lipinski definition) is 8. The second kappa shape index (κ2) is 14.9. The van der Waals surface area contributed by atoms with Crippen LogP contribution >= 0.6 is 11.8 Å². The highest BCUT2D eigenvalue weighted by Gasteiger charge is 2.31. The van der Waals surface area contributed by atoms with E-state index >= 15 is 0 Å². The van der Waals surface area contributed by atoms with Crippen molar-refractivity contribution in [2.24, 2.45) is 5.73 Å². The summed E-state index contributed by atoms with van der Waals surface area (Å²) in [6.07, 6.45) is 5.85. The van der Waals surface area contributed by atoms with Crippen molar-refractivity contribution in [3.63, 3.8) is 0 Å². The minimum atomic E-state index is -1.40. The summed E-state index contributed by atoms with van der Waals surface area (Å²) in [4.78, 5) is 72.1. The number of aromatic amines is 2. The number of benzene rings is 1. The van der Waals surface area contributed by atoms with Gasteiger partial charge in [0.05, 0.1) is 18.8 Å². The molecule has 0 spiro atoms. The van der Waals surface area contributed by atoms with Gasteiger partial charge in [0.25, 0.3) is 0 Å². The van der Waals surface area contributed by atoms with Gasteiger partial charge in [-0.15, -0.1) is 0 Å². The molecule has 0 fully saturated rings. The van der Waals surface area contributed by atoms with Gasteiger partial charge in [-0.1, -0.05) is 18.2 Å². The third kappa shape index (κ3) is 9.08. The maximum Gasteiger partial charge on any atom is 0.326 e. The Bertz CT molecular complexity index is 1360. The van der Waals surface area contributed by atoms with Crippen molar-refractivity contribution >= 4 is 52.3 Å². The van der Waals surface area contributed by atoms with Crippen LogP contribution in [0.1, 0.15) is 24.1 Å². The number of carboxylic acid groups (broad SMARTS) is 2. The fraction of sp³-hybridized carbons (Fsp3) is 0.385. The van der Waals surface area contributed by atoms with Crippen LogP contribution in [0.5, 0.6) is 0 Å². The third-order valence-corrected chi connectivity index (χ3v) is 6.94. The van der Waals surface area contributed by atoms with Gasteiger partial charge < -0.3 is 41.9 Å². The monoisotopic (exact) mass is 587 g/mol. The van der Waals surface area contributed by atoms with Crippen LogP contribution in [-0.2, 0) is 36.8 Å². The number of aromatic nitrogens is 3. The molecule has 4 atom stereocenters. The Labute approximate surface area is 239 Å². The summed E-state index contributed by atoms with van der Waals surface area (Å²) in [6.45, 7) is 0. The predicted molar refractivity (Wildman–Crippen MR) is 151 cm³/mol. The summed E-state index contributed by atoms with van der Waals surface area (Å²) in [5, 5.41) is 27.1. The van der Waals surface area contributed by atoms with E-state index in [0.717, 1.165) is 10.9 Å². The van der Waals surface area contributed by atoms with Crippen LogP contribution in [0.4, 0.5) is 0 Å². The molecular formula is C26H33N7O7S. The molecule has 2 heterocycles. The highest BCUT2D eigenvalue weighted by molar-refractivity contribution is 7.98. The zero-order chi connectivity index (χ0) is 29.9. The van der Waals surface area contributed by atoms with Crippen molar-refractivity contribution in [1.29, 1.82) is 0 Å². The number of amides is 3. The Morgan fingerprint density at radius 3 is 2.29 bits per heavy atom. The summed E-state index contributed by atoms with van der Waals surface area (Å²) < 4.78 is 0. The van der Waals surface area contributed by atoms with Crippen LogP contribution < -0.4 is 21.7 Å². The average Bonchev–Trinajstić information content (AvgIpc) is 3.59. The fourth-order valence-electron chi connectivity index (χ4n) is 4.15. The van der Waals surface area contributed by atoms with Crippen molar-refractivity contribution < 1.29 is 34.2 Å². The van der Waals surface area contributed by atoms with E-state index in [4.69, 9.17) is 10.8 Å². The predicted octanol–water partition coefficient (Wildman–Crippen LogP) is -0.230. The number of carboxylic acids is 2. The first-order chi connectivity index (χ1) is 19.6. The molecule has 0 saturated heterocycles. The van der Waals surface area contributed by atoms with Gasteiger partial charge in [-0.3, -0.25) is 19.2 Å². The smallest absolute Gasteiger partial charge is 0.326 e. The quantitative estimate of drug-likeness (QED) is 0.110. The SMILES string of the molecule is CSCCC(NC(=O)C(Cc1c[nH]c2ccccc12)NC(=O)C(N)CC(=O)O)C(=O)NC(Cc1cnc[nH]1)C(=O)O. The number of fused-ring (bicyclic) bond motifs is 1. The van der Waals surface area contributed by atoms with Crippen molar-refractivity contribution in [1.82, 2.24) is 30.9 Å². The van der Waals surface area contributed by atoms with Gasteiger partial charge in [0, 0.05) is 41.8 Å². The van der Waals surface area contributed by atoms with E-state index in [2.05, 4.69) is 30.9 Å². The first kappa shape index (κ1) is 31.2. The van der Waals surface area contributed by atoms with Gasteiger partial charge in [0.15, 0.2) is 0 Å². The maximum absolute atomic E-state index is 13.5. The van der Waals surface area contributed by atoms with Gasteiger partial charge in [-0.2, -0.15) is 11.8 Å². The highest BCUT2D eigenvalue weighted by atomic mass is 32.2. The molecule has 3 rings (SSSR count). The molecule has 0 aliphatic carbocycles. The lowest BCUT2D eigenvalue weighted by atomic mass is 10.0. The van der Waals surface area contributed by atoms with E-state index in [1.807, 2.05) is 30.5 Å². The largest absolute Gasteiger partial charge is 0.481 e. The van der Waals surface area contributed by atoms with Gasteiger partial charge in [0.1, 0.15) is 18.1 Å². The molecule has 0 radical (unpaired) electrons. The van der Waals surface area contributed by atoms with E-state index in [1.165, 1.54) is 24.3 Å². The number of H-pyrrole nitrogens is 2. The zero-order valence-electron chi connectivity index (χ0n) is 22.3. The molecule has 0 bridgehead atoms. The van der Waals surface area contributed by atoms with Crippen molar-refractivity contribution in [2.45, 2.75) is 49.9 Å². The number of carbonyl (C=O) groups excluding carboxylic acids is 3. The second-order valence-electron chi connectivity index (χ2n) is 9.35. The summed E-state index contributed by atoms with van der Waals surface area (Å²) in [7, 11) is 0. The first-order valence-corrected chi connectivity index (χ1v) is 14.1. The van der Waals surface area contributed by atoms with Crippen LogP contribution in [0.25, 0.3) is 10.9 Å². The molecular weight excluding hydrogens is 554 g/mol. The lowest BCUT2D eigenvalue weighted by Gasteiger charge is -2.25. The minimum Gasteiger partial charge on any atom is -0.481 e. The topological polar surface area (TPSA) is 232 Å². The lowest BCUT2D eigenvalue weighted by molar-refractivity contribution is -0.142. The van der Waals surface area contributed by atoms with E-state index < -0.39 is 60.2 Å². The Hall–Kier alpha value is -4.37. The molecule has 2 aromatic heterocycles. The molecule has 220 valence electrons. The molecule has 4 unspecified atom stereocenters. The molecule has 3 aromatic rings. The van der Waals surface area contributed by atoms with Gasteiger partial charge in [-0.25, -0.2) is 9.78 Å². The number of thioether (sulfide) groups is 1. The van der Waals surface area contributed by atoms with Crippen molar-refractivity contribution in [2.75, 3.05) is 12.0 Å². The summed E-state index contributed by atoms with van der Waals surface area (Å²) in [6, 6.07) is 2.33. The number of nitrogens with zero attached hydrogens (tertiary/aromatic N) is 1. The molecule has 3 amide bonds. The molecule has 0 saturated carbocycles. The Kier molecular flexibility index (Phi) is 11.3. The maximum atomic E-state index is 13.5. The number of carbonyl (C=O) groups is 5. The van der Waals surface area contributed by atoms with Crippen LogP contribution in [0.2, 0.25) is 0 Å². The Morgan fingerprint density at radius 1 is 0.951 bits per heavy atom. The molecule has 14 nitrogen and oxygen atoms in total. The van der Waals surface area contributed by atoms with Crippen LogP contribution in [-0.4, -0.2) is 91.0 Å². The molecule has 15 heteroatoms. The van der Waals surface area contributed by atoms with Crippen molar-refractivity contribution in [3.8, 4) is 0 Å². The number of nitrogens with two attached hydrogens (primary N) is 1. The number of hydrogen-bond acceptors (Lipinski definition) is 8. The van der Waals surface area contributed by atoms with E-state index in [0.29, 0.717) is 17.0 Å². The molecule has 1 aromatic carbocycles. The number of para-hydroxylation sites is 1. The number of rotatable bonds is 16. The Morgan fingerprint density at radius 2 is 1.63 bits per heavy atom.